The number of thiophene rings is 1. The lowest BCUT2D eigenvalue weighted by molar-refractivity contribution is -0.120. The van der Waals surface area contributed by atoms with Gasteiger partial charge in [0.2, 0.25) is 5.91 Å². The molecule has 3 aromatic rings. The zero-order chi connectivity index (χ0) is 22.6. The summed E-state index contributed by atoms with van der Waals surface area (Å²) >= 11 is 2.64. The Kier molecular flexibility index (Phi) is 6.77. The van der Waals surface area contributed by atoms with Crippen LogP contribution in [0.3, 0.4) is 0 Å². The first-order chi connectivity index (χ1) is 15.5. The minimum atomic E-state index is -0.772. The number of hydrogen-bond acceptors (Lipinski definition) is 6. The van der Waals surface area contributed by atoms with Crippen LogP contribution in [-0.2, 0) is 11.3 Å². The van der Waals surface area contributed by atoms with Gasteiger partial charge in [-0.2, -0.15) is 5.26 Å². The Morgan fingerprint density at radius 1 is 1.31 bits per heavy atom. The highest BCUT2D eigenvalue weighted by Gasteiger charge is 2.33. The highest BCUT2D eigenvalue weighted by Crippen LogP contribution is 2.32. The predicted octanol–water partition coefficient (Wildman–Crippen LogP) is 4.75. The summed E-state index contributed by atoms with van der Waals surface area (Å²) in [6, 6.07) is 14.1. The summed E-state index contributed by atoms with van der Waals surface area (Å²) in [4.78, 5) is 31.5. The number of thioether (sulfide) groups is 1. The molecule has 1 aliphatic rings. The van der Waals surface area contributed by atoms with E-state index in [9.17, 15) is 14.9 Å². The molecular weight excluding hydrogens is 440 g/mol. The van der Waals surface area contributed by atoms with Crippen LogP contribution in [0, 0.1) is 11.3 Å². The van der Waals surface area contributed by atoms with Crippen LogP contribution in [0.15, 0.2) is 59.0 Å². The number of benzene rings is 1. The third kappa shape index (κ3) is 4.64. The fourth-order valence-corrected chi connectivity index (χ4v) is 5.85. The van der Waals surface area contributed by atoms with Crippen LogP contribution >= 0.6 is 23.1 Å². The van der Waals surface area contributed by atoms with Gasteiger partial charge in [0.1, 0.15) is 10.2 Å². The number of carbonyl (C=O) groups excluding carboxylic acids is 1. The fourth-order valence-electron chi connectivity index (χ4n) is 3.99. The van der Waals surface area contributed by atoms with Crippen molar-refractivity contribution in [1.29, 1.82) is 5.26 Å². The Morgan fingerprint density at radius 2 is 2.06 bits per heavy atom. The quantitative estimate of drug-likeness (QED) is 0.310. The molecule has 0 bridgehead atoms. The van der Waals surface area contributed by atoms with Gasteiger partial charge in [-0.25, -0.2) is 4.98 Å². The van der Waals surface area contributed by atoms with Crippen molar-refractivity contribution in [2.75, 3.05) is 5.75 Å². The van der Waals surface area contributed by atoms with Crippen molar-refractivity contribution in [1.82, 2.24) is 14.9 Å². The molecule has 0 spiro atoms. The van der Waals surface area contributed by atoms with Gasteiger partial charge in [-0.05, 0) is 24.5 Å². The van der Waals surface area contributed by atoms with Gasteiger partial charge in [0.25, 0.3) is 5.56 Å². The molecule has 1 amide bonds. The Bertz CT molecular complexity index is 1230. The van der Waals surface area contributed by atoms with Crippen LogP contribution in [0.5, 0.6) is 0 Å². The molecule has 8 heteroatoms. The molecule has 0 unspecified atom stereocenters. The van der Waals surface area contributed by atoms with Crippen LogP contribution in [0.25, 0.3) is 20.7 Å². The van der Waals surface area contributed by atoms with Crippen molar-refractivity contribution >= 4 is 39.2 Å². The predicted molar refractivity (Wildman–Crippen MR) is 130 cm³/mol. The minimum absolute atomic E-state index is 0.0915. The van der Waals surface area contributed by atoms with Crippen LogP contribution in [0.1, 0.15) is 32.1 Å². The molecule has 2 aromatic heterocycles. The summed E-state index contributed by atoms with van der Waals surface area (Å²) < 4.78 is 2.14. The highest BCUT2D eigenvalue weighted by atomic mass is 32.2. The van der Waals surface area contributed by atoms with E-state index in [1.807, 2.05) is 36.4 Å². The van der Waals surface area contributed by atoms with Crippen molar-refractivity contribution in [3.8, 4) is 16.5 Å². The molecule has 1 N–H and O–H groups in total. The Morgan fingerprint density at radius 3 is 2.75 bits per heavy atom. The van der Waals surface area contributed by atoms with Gasteiger partial charge < -0.3 is 5.32 Å². The summed E-state index contributed by atoms with van der Waals surface area (Å²) in [5.74, 6) is -0.123. The molecule has 1 aliphatic carbocycles. The monoisotopic (exact) mass is 464 g/mol. The van der Waals surface area contributed by atoms with E-state index in [0.29, 0.717) is 34.8 Å². The topological polar surface area (TPSA) is 87.8 Å². The highest BCUT2D eigenvalue weighted by molar-refractivity contribution is 7.99. The first kappa shape index (κ1) is 22.3. The first-order valence-electron chi connectivity index (χ1n) is 10.6. The van der Waals surface area contributed by atoms with E-state index in [0.717, 1.165) is 29.7 Å². The smallest absolute Gasteiger partial charge is 0.272 e. The summed E-state index contributed by atoms with van der Waals surface area (Å²) in [6.07, 6.45) is 6.00. The number of nitrogens with one attached hydrogen (secondary N) is 1. The summed E-state index contributed by atoms with van der Waals surface area (Å²) in [5, 5.41) is 13.0. The number of amides is 1. The van der Waals surface area contributed by atoms with Gasteiger partial charge in [0, 0.05) is 11.4 Å². The standard InChI is InChI=1S/C24H24N4O2S2/c1-2-13-28-22(30)21-18(14-19(32-21)17-9-5-3-6-10-17)26-23(28)31-15-20(29)27-24(16-25)11-7-4-8-12-24/h2-3,5-6,9-10,14H,1,4,7-8,11-13,15H2,(H,27,29). The normalized spacial score (nSPS) is 15.2. The van der Waals surface area contributed by atoms with E-state index in [1.165, 1.54) is 23.1 Å². The molecule has 2 heterocycles. The van der Waals surface area contributed by atoms with Gasteiger partial charge in [0.15, 0.2) is 5.16 Å². The number of hydrogen-bond donors (Lipinski definition) is 1. The maximum absolute atomic E-state index is 13.2. The molecule has 0 aliphatic heterocycles. The number of rotatable bonds is 7. The van der Waals surface area contributed by atoms with E-state index in [2.05, 4.69) is 18.0 Å². The maximum atomic E-state index is 13.2. The Hall–Kier alpha value is -2.89. The molecule has 1 saturated carbocycles. The molecule has 1 fully saturated rings. The molecular formula is C24H24N4O2S2. The van der Waals surface area contributed by atoms with Gasteiger partial charge in [0.05, 0.1) is 17.3 Å². The number of nitriles is 1. The second-order valence-corrected chi connectivity index (χ2v) is 9.88. The summed E-state index contributed by atoms with van der Waals surface area (Å²) in [6.45, 7) is 4.07. The van der Waals surface area contributed by atoms with E-state index in [4.69, 9.17) is 4.98 Å². The van der Waals surface area contributed by atoms with E-state index < -0.39 is 5.54 Å². The number of nitrogens with zero attached hydrogens (tertiary/aromatic N) is 3. The van der Waals surface area contributed by atoms with E-state index in [-0.39, 0.29) is 17.2 Å². The molecule has 0 radical (unpaired) electrons. The fraction of sp³-hybridized carbons (Fsp3) is 0.333. The Balaban J connectivity index is 1.59. The van der Waals surface area contributed by atoms with Gasteiger partial charge in [-0.1, -0.05) is 67.4 Å². The molecule has 4 rings (SSSR count). The van der Waals surface area contributed by atoms with Crippen molar-refractivity contribution in [2.24, 2.45) is 0 Å². The number of carbonyl (C=O) groups is 1. The Labute approximate surface area is 195 Å². The zero-order valence-corrected chi connectivity index (χ0v) is 19.3. The van der Waals surface area contributed by atoms with Crippen molar-refractivity contribution in [2.45, 2.75) is 49.3 Å². The second kappa shape index (κ2) is 9.72. The van der Waals surface area contributed by atoms with E-state index in [1.54, 1.807) is 10.6 Å². The number of fused-ring (bicyclic) bond motifs is 1. The van der Waals surface area contributed by atoms with Crippen molar-refractivity contribution in [3.63, 3.8) is 0 Å². The van der Waals surface area contributed by atoms with Crippen LogP contribution in [-0.4, -0.2) is 26.8 Å². The molecule has 32 heavy (non-hydrogen) atoms. The molecule has 1 aromatic carbocycles. The van der Waals surface area contributed by atoms with Gasteiger partial charge in [-0.15, -0.1) is 17.9 Å². The zero-order valence-electron chi connectivity index (χ0n) is 17.7. The SMILES string of the molecule is C=CCn1c(SCC(=O)NC2(C#N)CCCCC2)nc2cc(-c3ccccc3)sc2c1=O. The second-order valence-electron chi connectivity index (χ2n) is 7.88. The minimum Gasteiger partial charge on any atom is -0.337 e. The molecule has 0 saturated heterocycles. The van der Waals surface area contributed by atoms with E-state index >= 15 is 0 Å². The molecule has 0 atom stereocenters. The number of aromatic nitrogens is 2. The van der Waals surface area contributed by atoms with Crippen LogP contribution in [0.4, 0.5) is 0 Å². The third-order valence-corrected chi connectivity index (χ3v) is 7.74. The third-order valence-electron chi connectivity index (χ3n) is 5.60. The molecule has 6 nitrogen and oxygen atoms in total. The average molecular weight is 465 g/mol. The largest absolute Gasteiger partial charge is 0.337 e. The summed E-state index contributed by atoms with van der Waals surface area (Å²) in [5.41, 5.74) is 0.757. The summed E-state index contributed by atoms with van der Waals surface area (Å²) in [7, 11) is 0. The van der Waals surface area contributed by atoms with Crippen LogP contribution in [0.2, 0.25) is 0 Å². The molecule has 164 valence electrons. The lowest BCUT2D eigenvalue weighted by atomic mass is 9.83. The lowest BCUT2D eigenvalue weighted by Gasteiger charge is -2.31. The number of allylic oxidation sites excluding steroid dienone is 1. The van der Waals surface area contributed by atoms with Gasteiger partial charge >= 0.3 is 0 Å². The maximum Gasteiger partial charge on any atom is 0.272 e. The van der Waals surface area contributed by atoms with Crippen molar-refractivity contribution < 1.29 is 4.79 Å². The first-order valence-corrected chi connectivity index (χ1v) is 12.4. The van der Waals surface area contributed by atoms with Crippen molar-refractivity contribution in [3.05, 3.63) is 59.4 Å². The average Bonchev–Trinajstić information content (AvgIpc) is 3.25. The van der Waals surface area contributed by atoms with Gasteiger partial charge in [-0.3, -0.25) is 14.2 Å². The van der Waals surface area contributed by atoms with Crippen LogP contribution < -0.4 is 10.9 Å². The lowest BCUT2D eigenvalue weighted by Crippen LogP contribution is -2.49.